The maximum Gasteiger partial charge on any atom is 0.255 e. The second-order valence-electron chi connectivity index (χ2n) is 7.95. The minimum absolute atomic E-state index is 0.354. The van der Waals surface area contributed by atoms with Crippen molar-refractivity contribution in [2.75, 3.05) is 30.9 Å². The fourth-order valence-corrected chi connectivity index (χ4v) is 3.11. The average Bonchev–Trinajstić information content (AvgIpc) is 2.80. The molecule has 9 heteroatoms. The largest absolute Gasteiger partial charge is 0.384 e. The summed E-state index contributed by atoms with van der Waals surface area (Å²) in [5.74, 6) is 0.127. The topological polar surface area (TPSA) is 133 Å². The van der Waals surface area contributed by atoms with Crippen LogP contribution in [0, 0.1) is 18.3 Å². The third kappa shape index (κ3) is 5.88. The number of methoxy groups -OCH3 is 1. The number of aliphatic hydroxyl groups is 1. The predicted molar refractivity (Wildman–Crippen MR) is 125 cm³/mol. The van der Waals surface area contributed by atoms with Gasteiger partial charge in [-0.1, -0.05) is 0 Å². The van der Waals surface area contributed by atoms with Gasteiger partial charge in [0.2, 0.25) is 0 Å². The predicted octanol–water partition coefficient (Wildman–Crippen LogP) is 3.26. The summed E-state index contributed by atoms with van der Waals surface area (Å²) in [4.78, 5) is 25.7. The van der Waals surface area contributed by atoms with Crippen molar-refractivity contribution in [2.24, 2.45) is 0 Å². The molecule has 33 heavy (non-hydrogen) atoms. The Balaban J connectivity index is 1.86. The van der Waals surface area contributed by atoms with E-state index >= 15 is 0 Å². The van der Waals surface area contributed by atoms with E-state index in [1.165, 1.54) is 6.20 Å². The van der Waals surface area contributed by atoms with Crippen LogP contribution < -0.4 is 10.6 Å². The van der Waals surface area contributed by atoms with Gasteiger partial charge in [-0.15, -0.1) is 0 Å². The summed E-state index contributed by atoms with van der Waals surface area (Å²) in [5.41, 5.74) is 2.66. The number of amides is 1. The summed E-state index contributed by atoms with van der Waals surface area (Å²) in [6.45, 7) is 6.08. The van der Waals surface area contributed by atoms with Crippen molar-refractivity contribution in [3.8, 4) is 17.2 Å². The molecule has 3 N–H and O–H groups in total. The number of rotatable bonds is 8. The summed E-state index contributed by atoms with van der Waals surface area (Å²) < 4.78 is 5.01. The van der Waals surface area contributed by atoms with Crippen molar-refractivity contribution in [1.29, 1.82) is 5.26 Å². The number of ether oxygens (including phenoxy) is 1. The van der Waals surface area contributed by atoms with Gasteiger partial charge in [0.25, 0.3) is 5.91 Å². The molecule has 0 aliphatic carbocycles. The van der Waals surface area contributed by atoms with Crippen molar-refractivity contribution in [3.05, 3.63) is 65.4 Å². The van der Waals surface area contributed by atoms with E-state index in [2.05, 4.69) is 31.7 Å². The molecule has 3 aromatic rings. The van der Waals surface area contributed by atoms with Crippen LogP contribution in [0.1, 0.15) is 41.2 Å². The maximum absolute atomic E-state index is 12.8. The molecule has 0 atom stereocenters. The molecule has 3 heterocycles. The zero-order valence-electron chi connectivity index (χ0n) is 19.0. The van der Waals surface area contributed by atoms with Gasteiger partial charge in [0.1, 0.15) is 17.5 Å². The number of carbonyl (C=O) groups excluding carboxylic acids is 1. The first-order chi connectivity index (χ1) is 15.7. The highest BCUT2D eigenvalue weighted by Gasteiger charge is 2.19. The summed E-state index contributed by atoms with van der Waals surface area (Å²) in [6.07, 6.45) is 4.70. The molecule has 0 aromatic carbocycles. The molecule has 0 aliphatic rings. The zero-order chi connectivity index (χ0) is 24.0. The van der Waals surface area contributed by atoms with Gasteiger partial charge in [0.15, 0.2) is 0 Å². The number of nitrogens with one attached hydrogen (secondary N) is 2. The van der Waals surface area contributed by atoms with Gasteiger partial charge in [-0.05, 0) is 45.0 Å². The molecule has 1 amide bonds. The second-order valence-corrected chi connectivity index (χ2v) is 7.95. The van der Waals surface area contributed by atoms with Crippen LogP contribution in [0.4, 0.5) is 11.5 Å². The number of aryl methyl sites for hydroxylation is 1. The van der Waals surface area contributed by atoms with Crippen LogP contribution in [0.25, 0.3) is 11.1 Å². The molecule has 3 rings (SSSR count). The Morgan fingerprint density at radius 3 is 2.70 bits per heavy atom. The third-order valence-corrected chi connectivity index (χ3v) is 4.91. The highest BCUT2D eigenvalue weighted by Crippen LogP contribution is 2.27. The van der Waals surface area contributed by atoms with Crippen molar-refractivity contribution >= 4 is 17.4 Å². The average molecular weight is 447 g/mol. The second kappa shape index (κ2) is 10.2. The molecular formula is C24H26N6O3. The van der Waals surface area contributed by atoms with E-state index in [9.17, 15) is 15.2 Å². The van der Waals surface area contributed by atoms with Crippen molar-refractivity contribution in [2.45, 2.75) is 26.4 Å². The van der Waals surface area contributed by atoms with Gasteiger partial charge in [0.05, 0.1) is 29.7 Å². The van der Waals surface area contributed by atoms with E-state index in [1.807, 2.05) is 6.92 Å². The highest BCUT2D eigenvalue weighted by molar-refractivity contribution is 6.04. The SMILES string of the molecule is COCCNc1ncc(-c2cc(NC(=O)c3ccnc(C(C)(C)O)c3)cnc2C)cc1C#N. The summed E-state index contributed by atoms with van der Waals surface area (Å²) >= 11 is 0. The smallest absolute Gasteiger partial charge is 0.255 e. The van der Waals surface area contributed by atoms with Crippen LogP contribution >= 0.6 is 0 Å². The number of aromatic nitrogens is 3. The minimum Gasteiger partial charge on any atom is -0.384 e. The molecule has 3 aromatic heterocycles. The Labute approximate surface area is 192 Å². The Bertz CT molecular complexity index is 1200. The number of nitrogens with zero attached hydrogens (tertiary/aromatic N) is 4. The molecular weight excluding hydrogens is 420 g/mol. The molecule has 0 fully saturated rings. The third-order valence-electron chi connectivity index (χ3n) is 4.91. The van der Waals surface area contributed by atoms with Crippen LogP contribution in [0.3, 0.4) is 0 Å². The summed E-state index contributed by atoms with van der Waals surface area (Å²) in [5, 5.41) is 25.6. The lowest BCUT2D eigenvalue weighted by Gasteiger charge is -2.17. The molecule has 0 bridgehead atoms. The highest BCUT2D eigenvalue weighted by atomic mass is 16.5. The van der Waals surface area contributed by atoms with Gasteiger partial charge in [-0.25, -0.2) is 4.98 Å². The fraction of sp³-hybridized carbons (Fsp3) is 0.292. The molecule has 0 spiro atoms. The quantitative estimate of drug-likeness (QED) is 0.449. The molecule has 0 aliphatic heterocycles. The van der Waals surface area contributed by atoms with Crippen molar-refractivity contribution in [3.63, 3.8) is 0 Å². The Kier molecular flexibility index (Phi) is 7.33. The van der Waals surface area contributed by atoms with Crippen LogP contribution in [-0.4, -0.2) is 46.2 Å². The lowest BCUT2D eigenvalue weighted by atomic mass is 10.0. The van der Waals surface area contributed by atoms with Gasteiger partial charge >= 0.3 is 0 Å². The first-order valence-corrected chi connectivity index (χ1v) is 10.3. The number of hydrogen-bond donors (Lipinski definition) is 3. The summed E-state index contributed by atoms with van der Waals surface area (Å²) in [6, 6.07) is 8.80. The van der Waals surface area contributed by atoms with E-state index in [-0.39, 0.29) is 5.91 Å². The monoisotopic (exact) mass is 446 g/mol. The number of hydrogen-bond acceptors (Lipinski definition) is 8. The number of anilines is 2. The van der Waals surface area contributed by atoms with E-state index in [1.54, 1.807) is 57.6 Å². The summed E-state index contributed by atoms with van der Waals surface area (Å²) in [7, 11) is 1.60. The lowest BCUT2D eigenvalue weighted by molar-refractivity contribution is 0.0737. The Morgan fingerprint density at radius 2 is 2.00 bits per heavy atom. The van der Waals surface area contributed by atoms with Gasteiger partial charge < -0.3 is 20.5 Å². The Morgan fingerprint density at radius 1 is 1.21 bits per heavy atom. The zero-order valence-corrected chi connectivity index (χ0v) is 19.0. The van der Waals surface area contributed by atoms with Crippen molar-refractivity contribution in [1.82, 2.24) is 15.0 Å². The van der Waals surface area contributed by atoms with Crippen LogP contribution in [0.5, 0.6) is 0 Å². The molecule has 0 radical (unpaired) electrons. The first-order valence-electron chi connectivity index (χ1n) is 10.3. The standard InChI is InChI=1S/C24H26N6O3/c1-15-20(18-9-17(12-25)22(29-13-18)27-7-8-33-4)11-19(14-28-15)30-23(31)16-5-6-26-21(10-16)24(2,3)32/h5-6,9-11,13-14,32H,7-8H2,1-4H3,(H,27,29)(H,30,31). The minimum atomic E-state index is -1.16. The van der Waals surface area contributed by atoms with Crippen LogP contribution in [0.15, 0.2) is 42.9 Å². The van der Waals surface area contributed by atoms with Crippen molar-refractivity contribution < 1.29 is 14.6 Å². The van der Waals surface area contributed by atoms with E-state index in [4.69, 9.17) is 4.74 Å². The maximum atomic E-state index is 12.8. The molecule has 9 nitrogen and oxygen atoms in total. The van der Waals surface area contributed by atoms with E-state index in [0.717, 1.165) is 11.3 Å². The first kappa shape index (κ1) is 23.8. The normalized spacial score (nSPS) is 11.0. The Hall–Kier alpha value is -3.87. The van der Waals surface area contributed by atoms with Crippen LogP contribution in [0.2, 0.25) is 0 Å². The molecule has 170 valence electrons. The molecule has 0 saturated heterocycles. The van der Waals surface area contributed by atoms with Crippen LogP contribution in [-0.2, 0) is 10.3 Å². The van der Waals surface area contributed by atoms with Gasteiger partial charge in [0, 0.05) is 48.4 Å². The number of pyridine rings is 3. The van der Waals surface area contributed by atoms with Gasteiger partial charge in [-0.3, -0.25) is 14.8 Å². The lowest BCUT2D eigenvalue weighted by Crippen LogP contribution is -2.19. The van der Waals surface area contributed by atoms with Gasteiger partial charge in [-0.2, -0.15) is 5.26 Å². The number of nitriles is 1. The fourth-order valence-electron chi connectivity index (χ4n) is 3.11. The van der Waals surface area contributed by atoms with E-state index < -0.39 is 5.60 Å². The number of carbonyl (C=O) groups is 1. The molecule has 0 saturated carbocycles. The molecule has 0 unspecified atom stereocenters. The van der Waals surface area contributed by atoms with E-state index in [0.29, 0.717) is 47.0 Å².